The summed E-state index contributed by atoms with van der Waals surface area (Å²) in [4.78, 5) is 35.5. The van der Waals surface area contributed by atoms with Gasteiger partial charge in [-0.15, -0.1) is 0 Å². The Balaban J connectivity index is 1.98. The Labute approximate surface area is 144 Å². The van der Waals surface area contributed by atoms with Crippen LogP contribution in [0.4, 0.5) is 24.5 Å². The van der Waals surface area contributed by atoms with E-state index in [1.807, 2.05) is 0 Å². The van der Waals surface area contributed by atoms with Gasteiger partial charge in [0.15, 0.2) is 0 Å². The van der Waals surface area contributed by atoms with Gasteiger partial charge in [-0.2, -0.15) is 13.2 Å². The van der Waals surface area contributed by atoms with E-state index in [4.69, 9.17) is 0 Å². The van der Waals surface area contributed by atoms with Crippen LogP contribution in [0.2, 0.25) is 0 Å². The van der Waals surface area contributed by atoms with E-state index in [0.717, 1.165) is 24.3 Å². The van der Waals surface area contributed by atoms with Crippen molar-refractivity contribution in [1.29, 1.82) is 0 Å². The normalized spacial score (nSPS) is 14.6. The number of nitro groups is 1. The fourth-order valence-corrected chi connectivity index (χ4v) is 2.53. The number of carbonyl (C=O) groups excluding carboxylic acids is 2. The number of amides is 2. The first-order valence-corrected chi connectivity index (χ1v) is 7.20. The molecule has 0 radical (unpaired) electrons. The van der Waals surface area contributed by atoms with Gasteiger partial charge < -0.3 is 0 Å². The van der Waals surface area contributed by atoms with Gasteiger partial charge in [0.05, 0.1) is 21.7 Å². The molecule has 0 aromatic heterocycles. The molecule has 2 amide bonds. The van der Waals surface area contributed by atoms with Crippen molar-refractivity contribution in [2.24, 2.45) is 0 Å². The maximum Gasteiger partial charge on any atom is 0.416 e. The number of benzene rings is 2. The van der Waals surface area contributed by atoms with Crippen LogP contribution < -0.4 is 4.90 Å². The van der Waals surface area contributed by atoms with Crippen LogP contribution in [-0.2, 0) is 15.8 Å². The largest absolute Gasteiger partial charge is 0.416 e. The van der Waals surface area contributed by atoms with Crippen molar-refractivity contribution < 1.29 is 27.7 Å². The minimum Gasteiger partial charge on any atom is -0.269 e. The molecular weight excluding hydrogens is 353 g/mol. The number of carbonyl (C=O) groups is 2. The summed E-state index contributed by atoms with van der Waals surface area (Å²) in [5.74, 6) is -1.68. The summed E-state index contributed by atoms with van der Waals surface area (Å²) in [5, 5.41) is 10.8. The highest BCUT2D eigenvalue weighted by atomic mass is 19.4. The molecule has 0 aliphatic carbocycles. The second kappa shape index (κ2) is 6.10. The minimum absolute atomic E-state index is 0.129. The molecule has 0 atom stereocenters. The summed E-state index contributed by atoms with van der Waals surface area (Å²) in [6.07, 6.45) is -3.68. The predicted octanol–water partition coefficient (Wildman–Crippen LogP) is 3.57. The zero-order chi connectivity index (χ0) is 19.1. The second-order valence-electron chi connectivity index (χ2n) is 5.39. The molecular formula is C17H9F3N2O4. The third kappa shape index (κ3) is 3.06. The van der Waals surface area contributed by atoms with E-state index < -0.39 is 28.5 Å². The lowest BCUT2D eigenvalue weighted by molar-refractivity contribution is -0.384. The first-order chi connectivity index (χ1) is 12.2. The molecule has 9 heteroatoms. The Morgan fingerprint density at radius 3 is 2.35 bits per heavy atom. The van der Waals surface area contributed by atoms with Crippen LogP contribution in [0.3, 0.4) is 0 Å². The third-order valence-corrected chi connectivity index (χ3v) is 3.72. The van der Waals surface area contributed by atoms with Crippen LogP contribution in [0, 0.1) is 10.1 Å². The van der Waals surface area contributed by atoms with E-state index in [1.54, 1.807) is 0 Å². The van der Waals surface area contributed by atoms with Gasteiger partial charge in [-0.05, 0) is 23.8 Å². The number of non-ortho nitro benzene ring substituents is 1. The lowest BCUT2D eigenvalue weighted by atomic mass is 10.1. The highest BCUT2D eigenvalue weighted by Crippen LogP contribution is 2.34. The molecule has 0 fully saturated rings. The van der Waals surface area contributed by atoms with Crippen molar-refractivity contribution in [2.75, 3.05) is 4.90 Å². The fourth-order valence-electron chi connectivity index (χ4n) is 2.53. The molecule has 1 heterocycles. The van der Waals surface area contributed by atoms with Crippen LogP contribution in [0.1, 0.15) is 11.1 Å². The highest BCUT2D eigenvalue weighted by molar-refractivity contribution is 6.43. The number of hydrogen-bond donors (Lipinski definition) is 0. The molecule has 26 heavy (non-hydrogen) atoms. The minimum atomic E-state index is -4.63. The number of nitrogens with zero attached hydrogens (tertiary/aromatic N) is 2. The second-order valence-corrected chi connectivity index (χ2v) is 5.39. The van der Waals surface area contributed by atoms with E-state index in [-0.39, 0.29) is 22.5 Å². The van der Waals surface area contributed by atoms with Crippen LogP contribution in [-0.4, -0.2) is 16.7 Å². The van der Waals surface area contributed by atoms with Gasteiger partial charge in [0.2, 0.25) is 0 Å². The molecule has 6 nitrogen and oxygen atoms in total. The molecule has 0 bridgehead atoms. The number of alkyl halides is 3. The Hall–Kier alpha value is -3.49. The predicted molar refractivity (Wildman–Crippen MR) is 85.0 cm³/mol. The smallest absolute Gasteiger partial charge is 0.269 e. The fraction of sp³-hybridized carbons (Fsp3) is 0.0588. The Kier molecular flexibility index (Phi) is 4.07. The molecule has 0 saturated heterocycles. The summed E-state index contributed by atoms with van der Waals surface area (Å²) in [5.41, 5.74) is -1.50. The van der Waals surface area contributed by atoms with Crippen molar-refractivity contribution >= 4 is 28.8 Å². The molecule has 1 aliphatic rings. The van der Waals surface area contributed by atoms with E-state index >= 15 is 0 Å². The zero-order valence-corrected chi connectivity index (χ0v) is 12.9. The summed E-state index contributed by atoms with van der Waals surface area (Å²) >= 11 is 0. The van der Waals surface area contributed by atoms with Gasteiger partial charge in [0, 0.05) is 18.2 Å². The highest BCUT2D eigenvalue weighted by Gasteiger charge is 2.36. The summed E-state index contributed by atoms with van der Waals surface area (Å²) in [6.45, 7) is 0. The molecule has 2 aromatic rings. The number of halogens is 3. The van der Waals surface area contributed by atoms with Gasteiger partial charge >= 0.3 is 6.18 Å². The van der Waals surface area contributed by atoms with Crippen molar-refractivity contribution in [3.8, 4) is 0 Å². The Morgan fingerprint density at radius 2 is 1.69 bits per heavy atom. The third-order valence-electron chi connectivity index (χ3n) is 3.72. The lowest BCUT2D eigenvalue weighted by Gasteiger charge is -2.16. The maximum atomic E-state index is 12.8. The number of imide groups is 1. The number of rotatable bonds is 3. The maximum absolute atomic E-state index is 12.8. The van der Waals surface area contributed by atoms with Crippen molar-refractivity contribution in [3.63, 3.8) is 0 Å². The molecule has 0 unspecified atom stereocenters. The van der Waals surface area contributed by atoms with Gasteiger partial charge in [-0.25, -0.2) is 4.90 Å². The molecule has 2 aromatic carbocycles. The van der Waals surface area contributed by atoms with Crippen molar-refractivity contribution in [1.82, 2.24) is 0 Å². The van der Waals surface area contributed by atoms with E-state index in [9.17, 15) is 32.9 Å². The van der Waals surface area contributed by atoms with E-state index in [2.05, 4.69) is 0 Å². The monoisotopic (exact) mass is 362 g/mol. The first kappa shape index (κ1) is 17.3. The molecule has 132 valence electrons. The van der Waals surface area contributed by atoms with Crippen LogP contribution in [0.15, 0.2) is 54.6 Å². The molecule has 3 rings (SSSR count). The average Bonchev–Trinajstić information content (AvgIpc) is 2.89. The lowest BCUT2D eigenvalue weighted by Crippen LogP contribution is -2.30. The SMILES string of the molecule is O=C1C=C(c2cccc([N+](=O)[O-])c2)C(=O)N1c1cccc(C(F)(F)F)c1. The number of nitro benzene ring substituents is 1. The molecule has 0 N–H and O–H groups in total. The average molecular weight is 362 g/mol. The van der Waals surface area contributed by atoms with Crippen molar-refractivity contribution in [3.05, 3.63) is 75.8 Å². The Morgan fingerprint density at radius 1 is 1.00 bits per heavy atom. The van der Waals surface area contributed by atoms with Crippen LogP contribution in [0.25, 0.3) is 5.57 Å². The van der Waals surface area contributed by atoms with Gasteiger partial charge in [0.25, 0.3) is 17.5 Å². The molecule has 0 saturated carbocycles. The number of anilines is 1. The van der Waals surface area contributed by atoms with Gasteiger partial charge in [-0.1, -0.05) is 18.2 Å². The van der Waals surface area contributed by atoms with E-state index in [0.29, 0.717) is 11.0 Å². The van der Waals surface area contributed by atoms with Gasteiger partial charge in [-0.3, -0.25) is 19.7 Å². The Bertz CT molecular complexity index is 966. The topological polar surface area (TPSA) is 80.5 Å². The molecule has 0 spiro atoms. The van der Waals surface area contributed by atoms with Gasteiger partial charge in [0.1, 0.15) is 0 Å². The van der Waals surface area contributed by atoms with E-state index in [1.165, 1.54) is 24.3 Å². The summed E-state index contributed by atoms with van der Waals surface area (Å²) < 4.78 is 38.5. The molecule has 1 aliphatic heterocycles. The van der Waals surface area contributed by atoms with Crippen molar-refractivity contribution in [2.45, 2.75) is 6.18 Å². The quantitative estimate of drug-likeness (QED) is 0.475. The van der Waals surface area contributed by atoms with Crippen LogP contribution >= 0.6 is 0 Å². The van der Waals surface area contributed by atoms with Crippen LogP contribution in [0.5, 0.6) is 0 Å². The summed E-state index contributed by atoms with van der Waals surface area (Å²) in [6, 6.07) is 8.89. The zero-order valence-electron chi connectivity index (χ0n) is 12.9. The first-order valence-electron chi connectivity index (χ1n) is 7.20. The summed E-state index contributed by atoms with van der Waals surface area (Å²) in [7, 11) is 0. The number of hydrogen-bond acceptors (Lipinski definition) is 4. The standard InChI is InChI=1S/C17H9F3N2O4/c18-17(19,20)11-4-2-5-12(8-11)21-15(23)9-14(16(21)24)10-3-1-6-13(7-10)22(25)26/h1-9H.